The normalized spacial score (nSPS) is 16.1. The van der Waals surface area contributed by atoms with Gasteiger partial charge in [0.2, 0.25) is 17.7 Å². The molecule has 1 aliphatic heterocycles. The van der Waals surface area contributed by atoms with E-state index < -0.39 is 48.2 Å². The van der Waals surface area contributed by atoms with Gasteiger partial charge in [0, 0.05) is 12.1 Å². The molecular formula is C27H29ClN4O7. The van der Waals surface area contributed by atoms with Crippen molar-refractivity contribution in [1.82, 2.24) is 15.5 Å². The Morgan fingerprint density at radius 2 is 1.82 bits per heavy atom. The number of rotatable bonds is 11. The minimum absolute atomic E-state index is 0.144. The first-order chi connectivity index (χ1) is 18.6. The Labute approximate surface area is 229 Å². The summed E-state index contributed by atoms with van der Waals surface area (Å²) in [5.41, 5.74) is 1.34. The molecule has 2 aromatic rings. The van der Waals surface area contributed by atoms with E-state index in [2.05, 4.69) is 16.0 Å². The zero-order valence-electron chi connectivity index (χ0n) is 21.2. The first-order valence-electron chi connectivity index (χ1n) is 12.3. The van der Waals surface area contributed by atoms with Crippen LogP contribution in [0.1, 0.15) is 42.1 Å². The van der Waals surface area contributed by atoms with E-state index in [-0.39, 0.29) is 29.5 Å². The number of aldehydes is 1. The summed E-state index contributed by atoms with van der Waals surface area (Å²) in [6.07, 6.45) is 0.789. The highest BCUT2D eigenvalue weighted by Crippen LogP contribution is 2.24. The van der Waals surface area contributed by atoms with Crippen molar-refractivity contribution < 1.29 is 33.9 Å². The molecule has 1 heterocycles. The molecule has 3 atom stereocenters. The number of carbonyl (C=O) groups excluding carboxylic acids is 5. The maximum absolute atomic E-state index is 13.0. The number of hydrogen-bond acceptors (Lipinski definition) is 6. The van der Waals surface area contributed by atoms with Crippen molar-refractivity contribution >= 4 is 53.2 Å². The lowest BCUT2D eigenvalue weighted by Crippen LogP contribution is -2.54. The third kappa shape index (κ3) is 8.11. The summed E-state index contributed by atoms with van der Waals surface area (Å²) in [5.74, 6) is -3.23. The van der Waals surface area contributed by atoms with E-state index in [0.717, 1.165) is 5.56 Å². The minimum Gasteiger partial charge on any atom is -0.481 e. The molecule has 12 heteroatoms. The average Bonchev–Trinajstić information content (AvgIpc) is 3.39. The van der Waals surface area contributed by atoms with E-state index in [9.17, 15) is 28.8 Å². The zero-order chi connectivity index (χ0) is 28.5. The summed E-state index contributed by atoms with van der Waals surface area (Å²) in [7, 11) is 0. The molecule has 4 N–H and O–H groups in total. The zero-order valence-corrected chi connectivity index (χ0v) is 21.9. The second kappa shape index (κ2) is 13.5. The van der Waals surface area contributed by atoms with E-state index in [0.29, 0.717) is 24.8 Å². The van der Waals surface area contributed by atoms with Gasteiger partial charge in [0.05, 0.1) is 29.6 Å². The van der Waals surface area contributed by atoms with Gasteiger partial charge in [-0.05, 0) is 43.5 Å². The van der Waals surface area contributed by atoms with E-state index in [4.69, 9.17) is 16.7 Å². The van der Waals surface area contributed by atoms with Crippen LogP contribution in [0.5, 0.6) is 0 Å². The fraction of sp³-hybridized carbons (Fsp3) is 0.333. The Bertz CT molecular complexity index is 1250. The van der Waals surface area contributed by atoms with Gasteiger partial charge in [0.15, 0.2) is 0 Å². The SMILES string of the molecule is C[C@H](NC(=O)c1ccc(NC(=O)Cc2ccccc2)c(Cl)c1)C(=O)N1CCC[C@H]1C(=O)N[C@H](C=O)CC(=O)O. The van der Waals surface area contributed by atoms with Crippen molar-refractivity contribution in [2.45, 2.75) is 50.7 Å². The molecule has 4 amide bonds. The standard InChI is InChI=1S/C27H29ClN4O7/c1-16(27(39)32-11-5-8-22(32)26(38)30-19(15-33)14-24(35)36)29-25(37)18-9-10-21(20(28)13-18)31-23(34)12-17-6-3-2-4-7-17/h2-4,6-7,9-10,13,15-16,19,22H,5,8,11-12,14H2,1H3,(H,29,37)(H,30,38)(H,31,34)(H,35,36)/t16-,19-,22-/m0/s1. The number of anilines is 1. The Balaban J connectivity index is 1.58. The Morgan fingerprint density at radius 1 is 1.10 bits per heavy atom. The lowest BCUT2D eigenvalue weighted by atomic mass is 10.1. The van der Waals surface area contributed by atoms with Crippen LogP contribution in [0.4, 0.5) is 5.69 Å². The van der Waals surface area contributed by atoms with Crippen molar-refractivity contribution in [1.29, 1.82) is 0 Å². The summed E-state index contributed by atoms with van der Waals surface area (Å²) in [6.45, 7) is 1.75. The Kier molecular flexibility index (Phi) is 10.2. The van der Waals surface area contributed by atoms with Crippen LogP contribution in [0.2, 0.25) is 5.02 Å². The fourth-order valence-corrected chi connectivity index (χ4v) is 4.45. The average molecular weight is 557 g/mol. The highest BCUT2D eigenvalue weighted by atomic mass is 35.5. The van der Waals surface area contributed by atoms with Crippen LogP contribution in [0.25, 0.3) is 0 Å². The number of carboxylic acids is 1. The third-order valence-electron chi connectivity index (χ3n) is 6.16. The number of benzene rings is 2. The van der Waals surface area contributed by atoms with Crippen molar-refractivity contribution in [3.05, 3.63) is 64.7 Å². The summed E-state index contributed by atoms with van der Waals surface area (Å²) < 4.78 is 0. The lowest BCUT2D eigenvalue weighted by molar-refractivity contribution is -0.141. The van der Waals surface area contributed by atoms with Crippen LogP contribution in [0.15, 0.2) is 48.5 Å². The molecule has 0 saturated carbocycles. The van der Waals surface area contributed by atoms with E-state index in [1.807, 2.05) is 30.3 Å². The molecule has 0 spiro atoms. The summed E-state index contributed by atoms with van der Waals surface area (Å²) in [5, 5.41) is 16.7. The number of carbonyl (C=O) groups is 6. The quantitative estimate of drug-likeness (QED) is 0.307. The van der Waals surface area contributed by atoms with Gasteiger partial charge in [0.1, 0.15) is 18.4 Å². The molecule has 39 heavy (non-hydrogen) atoms. The lowest BCUT2D eigenvalue weighted by Gasteiger charge is -2.27. The van der Waals surface area contributed by atoms with Gasteiger partial charge in [-0.1, -0.05) is 41.9 Å². The van der Waals surface area contributed by atoms with Crippen LogP contribution in [0.3, 0.4) is 0 Å². The molecule has 206 valence electrons. The van der Waals surface area contributed by atoms with Gasteiger partial charge in [-0.15, -0.1) is 0 Å². The number of likely N-dealkylation sites (tertiary alicyclic amines) is 1. The first-order valence-corrected chi connectivity index (χ1v) is 12.7. The molecule has 2 aromatic carbocycles. The van der Waals surface area contributed by atoms with Gasteiger partial charge in [-0.3, -0.25) is 24.0 Å². The number of amides is 4. The summed E-state index contributed by atoms with van der Waals surface area (Å²) in [6, 6.07) is 10.4. The first kappa shape index (κ1) is 29.3. The van der Waals surface area contributed by atoms with Crippen LogP contribution in [-0.2, 0) is 30.4 Å². The number of halogens is 1. The third-order valence-corrected chi connectivity index (χ3v) is 6.47. The molecule has 0 aromatic heterocycles. The summed E-state index contributed by atoms with van der Waals surface area (Å²) >= 11 is 6.29. The predicted molar refractivity (Wildman–Crippen MR) is 142 cm³/mol. The maximum Gasteiger partial charge on any atom is 0.305 e. The molecule has 1 aliphatic rings. The highest BCUT2D eigenvalue weighted by Gasteiger charge is 2.37. The van der Waals surface area contributed by atoms with E-state index in [1.165, 1.54) is 30.0 Å². The van der Waals surface area contributed by atoms with Crippen molar-refractivity contribution in [3.63, 3.8) is 0 Å². The summed E-state index contributed by atoms with van der Waals surface area (Å²) in [4.78, 5) is 74.1. The van der Waals surface area contributed by atoms with Crippen molar-refractivity contribution in [3.8, 4) is 0 Å². The van der Waals surface area contributed by atoms with Crippen molar-refractivity contribution in [2.24, 2.45) is 0 Å². The molecule has 0 unspecified atom stereocenters. The predicted octanol–water partition coefficient (Wildman–Crippen LogP) is 1.79. The van der Waals surface area contributed by atoms with Gasteiger partial charge >= 0.3 is 5.97 Å². The van der Waals surface area contributed by atoms with Crippen molar-refractivity contribution in [2.75, 3.05) is 11.9 Å². The maximum atomic E-state index is 13.0. The molecule has 1 fully saturated rings. The number of hydrogen-bond donors (Lipinski definition) is 4. The largest absolute Gasteiger partial charge is 0.481 e. The molecule has 1 saturated heterocycles. The number of aliphatic carboxylic acids is 1. The molecule has 11 nitrogen and oxygen atoms in total. The molecular weight excluding hydrogens is 528 g/mol. The van der Waals surface area contributed by atoms with Gasteiger partial charge in [-0.2, -0.15) is 0 Å². The van der Waals surface area contributed by atoms with Gasteiger partial charge in [0.25, 0.3) is 5.91 Å². The van der Waals surface area contributed by atoms with Crippen LogP contribution in [-0.4, -0.2) is 70.6 Å². The minimum atomic E-state index is -1.24. The number of nitrogens with one attached hydrogen (secondary N) is 3. The smallest absolute Gasteiger partial charge is 0.305 e. The Morgan fingerprint density at radius 3 is 2.46 bits per heavy atom. The van der Waals surface area contributed by atoms with Crippen LogP contribution < -0.4 is 16.0 Å². The van der Waals surface area contributed by atoms with E-state index in [1.54, 1.807) is 0 Å². The second-order valence-corrected chi connectivity index (χ2v) is 9.55. The van der Waals surface area contributed by atoms with Crippen LogP contribution in [0, 0.1) is 0 Å². The second-order valence-electron chi connectivity index (χ2n) is 9.14. The molecule has 0 bridgehead atoms. The molecule has 0 aliphatic carbocycles. The highest BCUT2D eigenvalue weighted by molar-refractivity contribution is 6.34. The van der Waals surface area contributed by atoms with Gasteiger partial charge in [-0.25, -0.2) is 0 Å². The van der Waals surface area contributed by atoms with Gasteiger partial charge < -0.3 is 30.8 Å². The monoisotopic (exact) mass is 556 g/mol. The fourth-order valence-electron chi connectivity index (χ4n) is 4.23. The van der Waals surface area contributed by atoms with Crippen LogP contribution >= 0.6 is 11.6 Å². The molecule has 0 radical (unpaired) electrons. The topological polar surface area (TPSA) is 162 Å². The van der Waals surface area contributed by atoms with E-state index >= 15 is 0 Å². The Hall–Kier alpha value is -4.25. The molecule has 3 rings (SSSR count). The number of carboxylic acid groups (broad SMARTS) is 1. The number of nitrogens with zero attached hydrogens (tertiary/aromatic N) is 1.